The molecule has 112 valence electrons. The van der Waals surface area contributed by atoms with Gasteiger partial charge in [0.25, 0.3) is 0 Å². The number of aromatic nitrogens is 2. The van der Waals surface area contributed by atoms with E-state index in [0.717, 1.165) is 12.1 Å². The maximum absolute atomic E-state index is 14.0. The number of rotatable bonds is 4. The molecule has 1 heterocycles. The van der Waals surface area contributed by atoms with Crippen LogP contribution in [0.15, 0.2) is 18.2 Å². The van der Waals surface area contributed by atoms with E-state index in [1.165, 1.54) is 6.07 Å². The zero-order valence-corrected chi connectivity index (χ0v) is 12.7. The first-order valence-electron chi connectivity index (χ1n) is 7.01. The van der Waals surface area contributed by atoms with Crippen LogP contribution in [-0.2, 0) is 0 Å². The van der Waals surface area contributed by atoms with Crippen molar-refractivity contribution in [1.29, 1.82) is 0 Å². The van der Waals surface area contributed by atoms with Crippen LogP contribution >= 0.6 is 0 Å². The van der Waals surface area contributed by atoms with Gasteiger partial charge < -0.3 is 5.32 Å². The van der Waals surface area contributed by atoms with Crippen molar-refractivity contribution in [2.75, 3.05) is 11.9 Å². The molecule has 5 heteroatoms. The third kappa shape index (κ3) is 3.17. The molecular formula is C16H19F2N3. The highest BCUT2D eigenvalue weighted by molar-refractivity contribution is 5.68. The summed E-state index contributed by atoms with van der Waals surface area (Å²) < 4.78 is 27.5. The van der Waals surface area contributed by atoms with Gasteiger partial charge in [-0.15, -0.1) is 0 Å². The molecule has 1 N–H and O–H groups in total. The Kier molecular flexibility index (Phi) is 4.50. The molecule has 1 aromatic carbocycles. The van der Waals surface area contributed by atoms with Crippen LogP contribution in [0.4, 0.5) is 14.6 Å². The standard InChI is InChI=1S/C16H19F2N3/c1-5-19-16-10(4)14(20-15(21-16)9(2)3)12-8-11(17)6-7-13(12)18/h6-9H,5H2,1-4H3,(H,19,20,21). The Morgan fingerprint density at radius 3 is 2.52 bits per heavy atom. The normalized spacial score (nSPS) is 11.0. The van der Waals surface area contributed by atoms with Crippen molar-refractivity contribution in [2.45, 2.75) is 33.6 Å². The van der Waals surface area contributed by atoms with Crippen LogP contribution < -0.4 is 5.32 Å². The van der Waals surface area contributed by atoms with Crippen LogP contribution in [0.3, 0.4) is 0 Å². The van der Waals surface area contributed by atoms with Crippen molar-refractivity contribution < 1.29 is 8.78 Å². The SMILES string of the molecule is CCNc1nc(C(C)C)nc(-c2cc(F)ccc2F)c1C. The maximum Gasteiger partial charge on any atom is 0.133 e. The summed E-state index contributed by atoms with van der Waals surface area (Å²) in [6, 6.07) is 3.39. The fraction of sp³-hybridized carbons (Fsp3) is 0.375. The van der Waals surface area contributed by atoms with Crippen molar-refractivity contribution in [3.8, 4) is 11.3 Å². The summed E-state index contributed by atoms with van der Waals surface area (Å²) >= 11 is 0. The largest absolute Gasteiger partial charge is 0.370 e. The molecule has 0 aliphatic carbocycles. The number of nitrogens with one attached hydrogen (secondary N) is 1. The third-order valence-corrected chi connectivity index (χ3v) is 3.21. The van der Waals surface area contributed by atoms with Crippen LogP contribution in [0.2, 0.25) is 0 Å². The predicted octanol–water partition coefficient (Wildman–Crippen LogP) is 4.29. The summed E-state index contributed by atoms with van der Waals surface area (Å²) in [5, 5.41) is 3.15. The first-order chi connectivity index (χ1) is 9.93. The van der Waals surface area contributed by atoms with Gasteiger partial charge in [-0.05, 0) is 32.0 Å². The van der Waals surface area contributed by atoms with E-state index in [-0.39, 0.29) is 11.5 Å². The summed E-state index contributed by atoms with van der Waals surface area (Å²) in [6.07, 6.45) is 0. The van der Waals surface area contributed by atoms with Crippen LogP contribution in [0, 0.1) is 18.6 Å². The Hall–Kier alpha value is -2.04. The van der Waals surface area contributed by atoms with Gasteiger partial charge in [-0.2, -0.15) is 0 Å². The van der Waals surface area contributed by atoms with Crippen LogP contribution in [0.1, 0.15) is 38.1 Å². The Morgan fingerprint density at radius 2 is 1.90 bits per heavy atom. The van der Waals surface area contributed by atoms with Crippen molar-refractivity contribution in [1.82, 2.24) is 9.97 Å². The molecule has 0 unspecified atom stereocenters. The highest BCUT2D eigenvalue weighted by Gasteiger charge is 2.17. The lowest BCUT2D eigenvalue weighted by atomic mass is 10.1. The minimum atomic E-state index is -0.490. The van der Waals surface area contributed by atoms with Gasteiger partial charge in [0.15, 0.2) is 0 Å². The number of anilines is 1. The number of hydrogen-bond acceptors (Lipinski definition) is 3. The molecule has 1 aromatic heterocycles. The average Bonchev–Trinajstić information content (AvgIpc) is 2.44. The van der Waals surface area contributed by atoms with E-state index in [0.29, 0.717) is 29.4 Å². The van der Waals surface area contributed by atoms with E-state index in [1.807, 2.05) is 27.7 Å². The fourth-order valence-corrected chi connectivity index (χ4v) is 2.07. The van der Waals surface area contributed by atoms with Crippen molar-refractivity contribution >= 4 is 5.82 Å². The van der Waals surface area contributed by atoms with Crippen molar-refractivity contribution in [3.05, 3.63) is 41.2 Å². The summed E-state index contributed by atoms with van der Waals surface area (Å²) in [5.41, 5.74) is 1.31. The van der Waals surface area contributed by atoms with Crippen molar-refractivity contribution in [3.63, 3.8) is 0 Å². The summed E-state index contributed by atoms with van der Waals surface area (Å²) in [7, 11) is 0. The minimum Gasteiger partial charge on any atom is -0.370 e. The van der Waals surface area contributed by atoms with E-state index in [2.05, 4.69) is 15.3 Å². The van der Waals surface area contributed by atoms with Gasteiger partial charge in [-0.25, -0.2) is 18.7 Å². The zero-order chi connectivity index (χ0) is 15.6. The Morgan fingerprint density at radius 1 is 1.19 bits per heavy atom. The van der Waals surface area contributed by atoms with Crippen LogP contribution in [-0.4, -0.2) is 16.5 Å². The molecule has 0 aliphatic rings. The predicted molar refractivity (Wildman–Crippen MR) is 80.4 cm³/mol. The number of halogens is 2. The second-order valence-electron chi connectivity index (χ2n) is 5.21. The molecule has 0 amide bonds. The number of benzene rings is 1. The monoisotopic (exact) mass is 291 g/mol. The van der Waals surface area contributed by atoms with Gasteiger partial charge in [0.2, 0.25) is 0 Å². The molecule has 0 radical (unpaired) electrons. The van der Waals surface area contributed by atoms with E-state index < -0.39 is 11.6 Å². The van der Waals surface area contributed by atoms with E-state index in [4.69, 9.17) is 0 Å². The molecule has 0 aliphatic heterocycles. The number of nitrogens with zero attached hydrogens (tertiary/aromatic N) is 2. The fourth-order valence-electron chi connectivity index (χ4n) is 2.07. The molecule has 0 fully saturated rings. The summed E-state index contributed by atoms with van der Waals surface area (Å²) in [6.45, 7) is 8.39. The zero-order valence-electron chi connectivity index (χ0n) is 12.7. The minimum absolute atomic E-state index is 0.0957. The average molecular weight is 291 g/mol. The molecule has 2 aromatic rings. The first kappa shape index (κ1) is 15.4. The Balaban J connectivity index is 2.69. The van der Waals surface area contributed by atoms with Crippen LogP contribution in [0.25, 0.3) is 11.3 Å². The van der Waals surface area contributed by atoms with Crippen molar-refractivity contribution in [2.24, 2.45) is 0 Å². The van der Waals surface area contributed by atoms with Gasteiger partial charge >= 0.3 is 0 Å². The van der Waals surface area contributed by atoms with Crippen LogP contribution in [0.5, 0.6) is 0 Å². The highest BCUT2D eigenvalue weighted by atomic mass is 19.1. The Bertz CT molecular complexity index is 654. The molecule has 2 rings (SSSR count). The lowest BCUT2D eigenvalue weighted by Crippen LogP contribution is -2.09. The topological polar surface area (TPSA) is 37.8 Å². The Labute approximate surface area is 123 Å². The number of hydrogen-bond donors (Lipinski definition) is 1. The van der Waals surface area contributed by atoms with E-state index in [1.54, 1.807) is 0 Å². The van der Waals surface area contributed by atoms with Gasteiger partial charge in [0, 0.05) is 23.6 Å². The smallest absolute Gasteiger partial charge is 0.133 e. The molecule has 3 nitrogen and oxygen atoms in total. The summed E-state index contributed by atoms with van der Waals surface area (Å²) in [4.78, 5) is 8.89. The van der Waals surface area contributed by atoms with Gasteiger partial charge in [-0.1, -0.05) is 13.8 Å². The molecular weight excluding hydrogens is 272 g/mol. The molecule has 0 atom stereocenters. The molecule has 21 heavy (non-hydrogen) atoms. The lowest BCUT2D eigenvalue weighted by Gasteiger charge is -2.15. The molecule has 0 saturated heterocycles. The molecule has 0 spiro atoms. The maximum atomic E-state index is 14.0. The first-order valence-corrected chi connectivity index (χ1v) is 7.01. The van der Waals surface area contributed by atoms with Gasteiger partial charge in [-0.3, -0.25) is 0 Å². The summed E-state index contributed by atoms with van der Waals surface area (Å²) in [5.74, 6) is 0.388. The third-order valence-electron chi connectivity index (χ3n) is 3.21. The van der Waals surface area contributed by atoms with E-state index >= 15 is 0 Å². The second kappa shape index (κ2) is 6.16. The lowest BCUT2D eigenvalue weighted by molar-refractivity contribution is 0.602. The van der Waals surface area contributed by atoms with Gasteiger partial charge in [0.1, 0.15) is 23.3 Å². The second-order valence-corrected chi connectivity index (χ2v) is 5.21. The highest BCUT2D eigenvalue weighted by Crippen LogP contribution is 2.30. The quantitative estimate of drug-likeness (QED) is 0.913. The van der Waals surface area contributed by atoms with E-state index in [9.17, 15) is 8.78 Å². The molecule has 0 saturated carbocycles. The molecule has 0 bridgehead atoms. The van der Waals surface area contributed by atoms with Gasteiger partial charge in [0.05, 0.1) is 5.69 Å².